The van der Waals surface area contributed by atoms with Crippen LogP contribution in [0.15, 0.2) is 48.5 Å². The second-order valence-corrected chi connectivity index (χ2v) is 4.96. The zero-order valence-electron chi connectivity index (χ0n) is 9.44. The Morgan fingerprint density at radius 3 is 2.56 bits per heavy atom. The molecular weight excluding hydrogens is 267 g/mol. The van der Waals surface area contributed by atoms with E-state index in [1.807, 2.05) is 48.6 Å². The second-order valence-electron chi connectivity index (χ2n) is 4.11. The third-order valence-corrected chi connectivity index (χ3v) is 3.36. The van der Waals surface area contributed by atoms with E-state index >= 15 is 0 Å². The SMILES string of the molecule is Clc1cc(Cl)c2c(c1)C=C[C@@H](c1ccccc1)O2. The lowest BCUT2D eigenvalue weighted by molar-refractivity contribution is 0.252. The summed E-state index contributed by atoms with van der Waals surface area (Å²) < 4.78 is 5.93. The van der Waals surface area contributed by atoms with Gasteiger partial charge < -0.3 is 4.74 Å². The van der Waals surface area contributed by atoms with Gasteiger partial charge in [0.05, 0.1) is 5.02 Å². The first kappa shape index (κ1) is 11.6. The molecule has 0 radical (unpaired) electrons. The van der Waals surface area contributed by atoms with Gasteiger partial charge in [0.15, 0.2) is 0 Å². The van der Waals surface area contributed by atoms with Crippen LogP contribution in [0.1, 0.15) is 17.2 Å². The lowest BCUT2D eigenvalue weighted by Crippen LogP contribution is -2.09. The highest BCUT2D eigenvalue weighted by Crippen LogP contribution is 2.39. The predicted octanol–water partition coefficient (Wildman–Crippen LogP) is 5.14. The van der Waals surface area contributed by atoms with Gasteiger partial charge in [-0.1, -0.05) is 59.6 Å². The van der Waals surface area contributed by atoms with E-state index in [1.165, 1.54) is 0 Å². The van der Waals surface area contributed by atoms with E-state index in [0.29, 0.717) is 15.8 Å². The van der Waals surface area contributed by atoms with Gasteiger partial charge in [0.25, 0.3) is 0 Å². The highest BCUT2D eigenvalue weighted by Gasteiger charge is 2.19. The molecule has 1 aliphatic heterocycles. The Morgan fingerprint density at radius 1 is 1.00 bits per heavy atom. The van der Waals surface area contributed by atoms with Gasteiger partial charge in [-0.05, 0) is 23.8 Å². The van der Waals surface area contributed by atoms with Crippen molar-refractivity contribution in [1.82, 2.24) is 0 Å². The number of rotatable bonds is 1. The van der Waals surface area contributed by atoms with E-state index in [4.69, 9.17) is 27.9 Å². The third kappa shape index (κ3) is 2.12. The molecule has 0 saturated heterocycles. The molecule has 0 bridgehead atoms. The average molecular weight is 277 g/mol. The normalized spacial score (nSPS) is 17.1. The molecule has 0 fully saturated rings. The molecule has 0 N–H and O–H groups in total. The summed E-state index contributed by atoms with van der Waals surface area (Å²) in [4.78, 5) is 0. The molecule has 2 aromatic rings. The van der Waals surface area contributed by atoms with Crippen molar-refractivity contribution in [3.05, 3.63) is 69.7 Å². The lowest BCUT2D eigenvalue weighted by Gasteiger charge is -2.22. The van der Waals surface area contributed by atoms with E-state index in [9.17, 15) is 0 Å². The molecule has 1 atom stereocenters. The number of hydrogen-bond acceptors (Lipinski definition) is 1. The van der Waals surface area contributed by atoms with Gasteiger partial charge >= 0.3 is 0 Å². The molecule has 0 saturated carbocycles. The number of hydrogen-bond donors (Lipinski definition) is 0. The van der Waals surface area contributed by atoms with Crippen molar-refractivity contribution in [2.24, 2.45) is 0 Å². The number of fused-ring (bicyclic) bond motifs is 1. The van der Waals surface area contributed by atoms with Gasteiger partial charge in [0, 0.05) is 10.6 Å². The molecule has 1 heterocycles. The first-order chi connectivity index (χ1) is 8.74. The van der Waals surface area contributed by atoms with Crippen molar-refractivity contribution >= 4 is 29.3 Å². The molecule has 2 aromatic carbocycles. The number of ether oxygens (including phenoxy) is 1. The summed E-state index contributed by atoms with van der Waals surface area (Å²) in [5.41, 5.74) is 2.02. The van der Waals surface area contributed by atoms with Gasteiger partial charge in [-0.3, -0.25) is 0 Å². The van der Waals surface area contributed by atoms with Crippen LogP contribution in [0.4, 0.5) is 0 Å². The van der Waals surface area contributed by atoms with Crippen LogP contribution in [0.3, 0.4) is 0 Å². The quantitative estimate of drug-likeness (QED) is 0.701. The third-order valence-electron chi connectivity index (χ3n) is 2.86. The lowest BCUT2D eigenvalue weighted by atomic mass is 10.0. The first-order valence-electron chi connectivity index (χ1n) is 5.63. The molecule has 1 aliphatic rings. The molecule has 3 rings (SSSR count). The molecule has 1 nitrogen and oxygen atoms in total. The van der Waals surface area contributed by atoms with Crippen LogP contribution in [0.5, 0.6) is 5.75 Å². The summed E-state index contributed by atoms with van der Waals surface area (Å²) >= 11 is 12.1. The van der Waals surface area contributed by atoms with Crippen LogP contribution >= 0.6 is 23.2 Å². The Bertz CT molecular complexity index is 605. The molecule has 0 unspecified atom stereocenters. The zero-order valence-corrected chi connectivity index (χ0v) is 10.9. The minimum atomic E-state index is -0.0997. The highest BCUT2D eigenvalue weighted by molar-refractivity contribution is 6.36. The summed E-state index contributed by atoms with van der Waals surface area (Å²) in [6.07, 6.45) is 3.90. The van der Waals surface area contributed by atoms with Gasteiger partial charge in [-0.2, -0.15) is 0 Å². The topological polar surface area (TPSA) is 9.23 Å². The van der Waals surface area contributed by atoms with Gasteiger partial charge in [-0.15, -0.1) is 0 Å². The molecule has 0 spiro atoms. The molecule has 3 heteroatoms. The molecule has 0 aliphatic carbocycles. The van der Waals surface area contributed by atoms with Crippen molar-refractivity contribution in [2.45, 2.75) is 6.10 Å². The van der Waals surface area contributed by atoms with Crippen molar-refractivity contribution in [3.8, 4) is 5.75 Å². The first-order valence-corrected chi connectivity index (χ1v) is 6.38. The fraction of sp³-hybridized carbons (Fsp3) is 0.0667. The monoisotopic (exact) mass is 276 g/mol. The van der Waals surface area contributed by atoms with Crippen molar-refractivity contribution in [2.75, 3.05) is 0 Å². The van der Waals surface area contributed by atoms with Crippen LogP contribution in [-0.4, -0.2) is 0 Å². The van der Waals surface area contributed by atoms with Crippen molar-refractivity contribution < 1.29 is 4.74 Å². The molecular formula is C15H10Cl2O. The van der Waals surface area contributed by atoms with E-state index < -0.39 is 0 Å². The maximum absolute atomic E-state index is 6.16. The average Bonchev–Trinajstić information content (AvgIpc) is 2.39. The number of halogens is 2. The van der Waals surface area contributed by atoms with E-state index in [0.717, 1.165) is 11.1 Å². The Kier molecular flexibility index (Phi) is 3.02. The van der Waals surface area contributed by atoms with Crippen LogP contribution in [-0.2, 0) is 0 Å². The maximum Gasteiger partial charge on any atom is 0.146 e. The smallest absolute Gasteiger partial charge is 0.146 e. The van der Waals surface area contributed by atoms with Crippen LogP contribution in [0, 0.1) is 0 Å². The Labute approximate surface area is 116 Å². The fourth-order valence-corrected chi connectivity index (χ4v) is 2.56. The maximum atomic E-state index is 6.16. The molecule has 18 heavy (non-hydrogen) atoms. The van der Waals surface area contributed by atoms with Crippen molar-refractivity contribution in [3.63, 3.8) is 0 Å². The molecule has 90 valence electrons. The standard InChI is InChI=1S/C15H10Cl2O/c16-12-8-11-6-7-14(10-4-2-1-3-5-10)18-15(11)13(17)9-12/h1-9,14H/t14-/m0/s1. The predicted molar refractivity (Wildman–Crippen MR) is 75.3 cm³/mol. The summed E-state index contributed by atoms with van der Waals surface area (Å²) in [6.45, 7) is 0. The van der Waals surface area contributed by atoms with Gasteiger partial charge in [-0.25, -0.2) is 0 Å². The Balaban J connectivity index is 2.00. The Hall–Kier alpha value is -1.44. The van der Waals surface area contributed by atoms with E-state index in [-0.39, 0.29) is 6.10 Å². The zero-order chi connectivity index (χ0) is 12.5. The minimum absolute atomic E-state index is 0.0997. The summed E-state index contributed by atoms with van der Waals surface area (Å²) in [6, 6.07) is 13.6. The highest BCUT2D eigenvalue weighted by atomic mass is 35.5. The summed E-state index contributed by atoms with van der Waals surface area (Å²) in [7, 11) is 0. The van der Waals surface area contributed by atoms with Crippen LogP contribution in [0.25, 0.3) is 6.08 Å². The Morgan fingerprint density at radius 2 is 1.78 bits per heavy atom. The number of benzene rings is 2. The second kappa shape index (κ2) is 4.68. The largest absolute Gasteiger partial charge is 0.479 e. The molecule has 0 amide bonds. The summed E-state index contributed by atoms with van der Waals surface area (Å²) in [5.74, 6) is 0.692. The minimum Gasteiger partial charge on any atom is -0.479 e. The van der Waals surface area contributed by atoms with Crippen LogP contribution in [0.2, 0.25) is 10.0 Å². The van der Waals surface area contributed by atoms with E-state index in [2.05, 4.69) is 0 Å². The fourth-order valence-electron chi connectivity index (χ4n) is 2.01. The van der Waals surface area contributed by atoms with Gasteiger partial charge in [0.1, 0.15) is 11.9 Å². The van der Waals surface area contributed by atoms with E-state index in [1.54, 1.807) is 6.07 Å². The van der Waals surface area contributed by atoms with Gasteiger partial charge in [0.2, 0.25) is 0 Å². The van der Waals surface area contributed by atoms with Crippen LogP contribution < -0.4 is 4.74 Å². The van der Waals surface area contributed by atoms with Crippen molar-refractivity contribution in [1.29, 1.82) is 0 Å². The molecule has 0 aromatic heterocycles. The summed E-state index contributed by atoms with van der Waals surface area (Å²) in [5, 5.41) is 1.16.